The molecule has 1 fully saturated rings. The van der Waals surface area contributed by atoms with Crippen molar-refractivity contribution in [3.8, 4) is 0 Å². The fourth-order valence-electron chi connectivity index (χ4n) is 2.22. The molecule has 3 heteroatoms. The Hall–Kier alpha value is 0.650. The first-order valence-corrected chi connectivity index (χ1v) is 8.17. The molecule has 1 aliphatic heterocycles. The van der Waals surface area contributed by atoms with E-state index in [4.69, 9.17) is 0 Å². The molecule has 1 aliphatic rings. The first kappa shape index (κ1) is 14.7. The van der Waals surface area contributed by atoms with E-state index in [2.05, 4.69) is 27.5 Å². The van der Waals surface area contributed by atoms with Gasteiger partial charge in [0.15, 0.2) is 0 Å². The SMILES string of the molecule is CC1(O)CCN(CCCCCCCI)CC1. The van der Waals surface area contributed by atoms with Crippen molar-refractivity contribution in [1.29, 1.82) is 0 Å². The van der Waals surface area contributed by atoms with Gasteiger partial charge in [0, 0.05) is 13.1 Å². The lowest BCUT2D eigenvalue weighted by molar-refractivity contribution is -0.00554. The van der Waals surface area contributed by atoms with E-state index in [1.54, 1.807) is 0 Å². The zero-order valence-electron chi connectivity index (χ0n) is 10.6. The highest BCUT2D eigenvalue weighted by atomic mass is 127. The van der Waals surface area contributed by atoms with Crippen LogP contribution in [0.1, 0.15) is 51.9 Å². The number of halogens is 1. The number of aliphatic hydroxyl groups is 1. The van der Waals surface area contributed by atoms with Crippen LogP contribution in [0.4, 0.5) is 0 Å². The summed E-state index contributed by atoms with van der Waals surface area (Å²) in [5.41, 5.74) is -0.392. The van der Waals surface area contributed by atoms with Gasteiger partial charge in [-0.1, -0.05) is 41.9 Å². The third-order valence-corrected chi connectivity index (χ3v) is 4.30. The smallest absolute Gasteiger partial charge is 0.0644 e. The summed E-state index contributed by atoms with van der Waals surface area (Å²) >= 11 is 2.45. The van der Waals surface area contributed by atoms with Gasteiger partial charge in [0.2, 0.25) is 0 Å². The summed E-state index contributed by atoms with van der Waals surface area (Å²) < 4.78 is 1.30. The van der Waals surface area contributed by atoms with Crippen molar-refractivity contribution in [1.82, 2.24) is 4.90 Å². The van der Waals surface area contributed by atoms with E-state index in [1.165, 1.54) is 43.1 Å². The summed E-state index contributed by atoms with van der Waals surface area (Å²) in [4.78, 5) is 2.51. The van der Waals surface area contributed by atoms with Gasteiger partial charge in [-0.25, -0.2) is 0 Å². The number of alkyl halides is 1. The van der Waals surface area contributed by atoms with Gasteiger partial charge in [-0.2, -0.15) is 0 Å². The summed E-state index contributed by atoms with van der Waals surface area (Å²) in [7, 11) is 0. The largest absolute Gasteiger partial charge is 0.390 e. The highest BCUT2D eigenvalue weighted by Crippen LogP contribution is 2.21. The monoisotopic (exact) mass is 339 g/mol. The van der Waals surface area contributed by atoms with Gasteiger partial charge in [0.05, 0.1) is 5.60 Å². The molecule has 1 N–H and O–H groups in total. The summed E-state index contributed by atoms with van der Waals surface area (Å²) in [6.07, 6.45) is 8.79. The van der Waals surface area contributed by atoms with E-state index in [0.29, 0.717) is 0 Å². The third-order valence-electron chi connectivity index (χ3n) is 3.54. The van der Waals surface area contributed by atoms with E-state index < -0.39 is 5.60 Å². The van der Waals surface area contributed by atoms with Crippen LogP contribution in [-0.2, 0) is 0 Å². The molecule has 0 aromatic carbocycles. The summed E-state index contributed by atoms with van der Waals surface area (Å²) in [6, 6.07) is 0. The number of hydrogen-bond acceptors (Lipinski definition) is 2. The average molecular weight is 339 g/mol. The van der Waals surface area contributed by atoms with Crippen molar-refractivity contribution >= 4 is 22.6 Å². The minimum Gasteiger partial charge on any atom is -0.390 e. The van der Waals surface area contributed by atoms with E-state index in [1.807, 2.05) is 6.92 Å². The zero-order valence-corrected chi connectivity index (χ0v) is 12.7. The summed E-state index contributed by atoms with van der Waals surface area (Å²) in [5.74, 6) is 0. The molecule has 96 valence electrons. The minimum absolute atomic E-state index is 0.392. The molecule has 16 heavy (non-hydrogen) atoms. The van der Waals surface area contributed by atoms with Crippen LogP contribution in [-0.4, -0.2) is 39.7 Å². The Kier molecular flexibility index (Phi) is 7.24. The standard InChI is InChI=1S/C13H26INO/c1-13(16)7-11-15(12-8-13)10-6-4-2-3-5-9-14/h16H,2-12H2,1H3. The fourth-order valence-corrected chi connectivity index (χ4v) is 2.76. The highest BCUT2D eigenvalue weighted by Gasteiger charge is 2.26. The van der Waals surface area contributed by atoms with Gasteiger partial charge in [0.25, 0.3) is 0 Å². The zero-order chi connectivity index (χ0) is 11.9. The lowest BCUT2D eigenvalue weighted by atomic mass is 9.94. The number of rotatable bonds is 7. The normalized spacial score (nSPS) is 21.2. The molecule has 1 saturated heterocycles. The van der Waals surface area contributed by atoms with Crippen molar-refractivity contribution in [2.24, 2.45) is 0 Å². The molecule has 0 aromatic rings. The van der Waals surface area contributed by atoms with Crippen LogP contribution in [0.2, 0.25) is 0 Å². The van der Waals surface area contributed by atoms with E-state index in [0.717, 1.165) is 25.9 Å². The molecule has 2 nitrogen and oxygen atoms in total. The average Bonchev–Trinajstić information content (AvgIpc) is 2.25. The van der Waals surface area contributed by atoms with Crippen LogP contribution < -0.4 is 0 Å². The number of piperidine rings is 1. The molecular weight excluding hydrogens is 313 g/mol. The number of unbranched alkanes of at least 4 members (excludes halogenated alkanes) is 4. The van der Waals surface area contributed by atoms with Crippen molar-refractivity contribution < 1.29 is 5.11 Å². The van der Waals surface area contributed by atoms with Crippen LogP contribution in [0.25, 0.3) is 0 Å². The quantitative estimate of drug-likeness (QED) is 0.437. The third kappa shape index (κ3) is 6.40. The molecule has 1 rings (SSSR count). The van der Waals surface area contributed by atoms with Gasteiger partial charge in [-0.15, -0.1) is 0 Å². The maximum Gasteiger partial charge on any atom is 0.0644 e. The molecule has 0 radical (unpaired) electrons. The van der Waals surface area contributed by atoms with Crippen molar-refractivity contribution in [3.63, 3.8) is 0 Å². The molecule has 0 bridgehead atoms. The molecule has 1 heterocycles. The number of likely N-dealkylation sites (tertiary alicyclic amines) is 1. The second-order valence-corrected chi connectivity index (χ2v) is 6.37. The van der Waals surface area contributed by atoms with Gasteiger partial charge in [0.1, 0.15) is 0 Å². The Labute approximate surface area is 114 Å². The van der Waals surface area contributed by atoms with Crippen molar-refractivity contribution in [2.45, 2.75) is 57.5 Å². The summed E-state index contributed by atoms with van der Waals surface area (Å²) in [6.45, 7) is 5.37. The predicted octanol–water partition coefficient (Wildman–Crippen LogP) is 3.22. The molecule has 0 atom stereocenters. The first-order chi connectivity index (χ1) is 7.64. The van der Waals surface area contributed by atoms with E-state index in [-0.39, 0.29) is 0 Å². The van der Waals surface area contributed by atoms with Crippen LogP contribution in [0.3, 0.4) is 0 Å². The lowest BCUT2D eigenvalue weighted by Crippen LogP contribution is -2.42. The van der Waals surface area contributed by atoms with Gasteiger partial charge >= 0.3 is 0 Å². The van der Waals surface area contributed by atoms with Gasteiger partial charge in [-0.3, -0.25) is 0 Å². The van der Waals surface area contributed by atoms with E-state index in [9.17, 15) is 5.11 Å². The minimum atomic E-state index is -0.392. The predicted molar refractivity (Wildman–Crippen MR) is 78.3 cm³/mol. The molecule has 0 saturated carbocycles. The van der Waals surface area contributed by atoms with Crippen LogP contribution in [0.5, 0.6) is 0 Å². The maximum absolute atomic E-state index is 9.83. The van der Waals surface area contributed by atoms with Gasteiger partial charge in [-0.05, 0) is 43.6 Å². The lowest BCUT2D eigenvalue weighted by Gasteiger charge is -2.35. The number of hydrogen-bond donors (Lipinski definition) is 1. The van der Waals surface area contributed by atoms with Gasteiger partial charge < -0.3 is 10.0 Å². The molecule has 0 spiro atoms. The van der Waals surface area contributed by atoms with Crippen LogP contribution in [0.15, 0.2) is 0 Å². The Morgan fingerprint density at radius 3 is 2.25 bits per heavy atom. The fraction of sp³-hybridized carbons (Fsp3) is 1.00. The molecule has 0 amide bonds. The molecule has 0 unspecified atom stereocenters. The van der Waals surface area contributed by atoms with E-state index >= 15 is 0 Å². The second-order valence-electron chi connectivity index (χ2n) is 5.30. The second kappa shape index (κ2) is 7.88. The Morgan fingerprint density at radius 2 is 1.62 bits per heavy atom. The van der Waals surface area contributed by atoms with Crippen LogP contribution in [0, 0.1) is 0 Å². The number of nitrogens with zero attached hydrogens (tertiary/aromatic N) is 1. The molecular formula is C13H26INO. The maximum atomic E-state index is 9.83. The van der Waals surface area contributed by atoms with Crippen molar-refractivity contribution in [2.75, 3.05) is 24.1 Å². The highest BCUT2D eigenvalue weighted by molar-refractivity contribution is 14.1. The van der Waals surface area contributed by atoms with Crippen molar-refractivity contribution in [3.05, 3.63) is 0 Å². The first-order valence-electron chi connectivity index (χ1n) is 6.65. The Morgan fingerprint density at radius 1 is 1.06 bits per heavy atom. The Balaban J connectivity index is 1.94. The topological polar surface area (TPSA) is 23.5 Å². The Bertz CT molecular complexity index is 175. The summed E-state index contributed by atoms with van der Waals surface area (Å²) in [5, 5.41) is 9.83. The van der Waals surface area contributed by atoms with Crippen LogP contribution >= 0.6 is 22.6 Å². The molecule has 0 aromatic heterocycles. The molecule has 0 aliphatic carbocycles.